The van der Waals surface area contributed by atoms with Crippen LogP contribution in [0.15, 0.2) is 34.0 Å². The minimum atomic E-state index is -3.87. The first-order valence-electron chi connectivity index (χ1n) is 6.12. The summed E-state index contributed by atoms with van der Waals surface area (Å²) in [6, 6.07) is 5.61. The zero-order valence-electron chi connectivity index (χ0n) is 11.7. The lowest BCUT2D eigenvalue weighted by Crippen LogP contribution is -2.28. The lowest BCUT2D eigenvalue weighted by atomic mass is 10.3. The van der Waals surface area contributed by atoms with Crippen molar-refractivity contribution in [3.63, 3.8) is 0 Å². The van der Waals surface area contributed by atoms with Crippen molar-refractivity contribution in [1.82, 2.24) is 19.9 Å². The van der Waals surface area contributed by atoms with E-state index in [9.17, 15) is 18.0 Å². The molecule has 1 amide bonds. The van der Waals surface area contributed by atoms with Gasteiger partial charge >= 0.3 is 5.69 Å². The molecule has 0 aliphatic carbocycles. The number of hydrogen-bond donors (Lipinski definition) is 3. The van der Waals surface area contributed by atoms with E-state index >= 15 is 0 Å². The molecule has 0 aliphatic heterocycles. The van der Waals surface area contributed by atoms with Gasteiger partial charge in [-0.15, -0.1) is 0 Å². The number of benzene rings is 1. The monoisotopic (exact) mass is 323 g/mol. The third-order valence-corrected chi connectivity index (χ3v) is 4.03. The third-order valence-electron chi connectivity index (χ3n) is 2.58. The van der Waals surface area contributed by atoms with Crippen LogP contribution in [0.4, 0.5) is 11.5 Å². The van der Waals surface area contributed by atoms with E-state index in [1.54, 1.807) is 6.92 Å². The molecule has 0 fully saturated rings. The zero-order valence-corrected chi connectivity index (χ0v) is 12.6. The minimum Gasteiger partial charge on any atom is -0.338 e. The van der Waals surface area contributed by atoms with Crippen molar-refractivity contribution in [2.75, 3.05) is 5.32 Å². The molecule has 0 saturated heterocycles. The molecular weight excluding hydrogens is 310 g/mol. The summed E-state index contributed by atoms with van der Waals surface area (Å²) in [5.74, 6) is -0.405. The Morgan fingerprint density at radius 3 is 2.45 bits per heavy atom. The molecule has 2 aromatic rings. The van der Waals surface area contributed by atoms with E-state index in [1.807, 2.05) is 4.72 Å². The average Bonchev–Trinajstić information content (AvgIpc) is 2.42. The number of sulfonamides is 1. The summed E-state index contributed by atoms with van der Waals surface area (Å²) >= 11 is 0. The standard InChI is InChI=1S/C12H13N5O4S/c1-7-11(14-12(19)16-15-7)13-9-3-5-10(6-4-9)22(20,21)17-8(2)18/h3-6H,1-2H3,(H,17,18)(H2,13,14,16,19). The van der Waals surface area contributed by atoms with E-state index in [4.69, 9.17) is 0 Å². The Balaban J connectivity index is 2.24. The van der Waals surface area contributed by atoms with Crippen LogP contribution in [-0.4, -0.2) is 29.5 Å². The first-order chi connectivity index (χ1) is 10.3. The van der Waals surface area contributed by atoms with Gasteiger partial charge in [0.1, 0.15) is 5.69 Å². The predicted octanol–water partition coefficient (Wildman–Crippen LogP) is 0.0417. The number of aromatic nitrogens is 3. The van der Waals surface area contributed by atoms with Crippen LogP contribution in [0.5, 0.6) is 0 Å². The Labute approximate surface area is 125 Å². The summed E-state index contributed by atoms with van der Waals surface area (Å²) in [6.07, 6.45) is 0. The molecule has 0 unspecified atom stereocenters. The van der Waals surface area contributed by atoms with Gasteiger partial charge in [-0.05, 0) is 31.2 Å². The fraction of sp³-hybridized carbons (Fsp3) is 0.167. The molecule has 1 aromatic heterocycles. The normalized spacial score (nSPS) is 11.0. The van der Waals surface area contributed by atoms with E-state index < -0.39 is 21.6 Å². The summed E-state index contributed by atoms with van der Waals surface area (Å²) in [5, 5.41) is 8.81. The molecule has 0 atom stereocenters. The number of nitrogens with one attached hydrogen (secondary N) is 3. The van der Waals surface area contributed by atoms with Crippen molar-refractivity contribution in [2.24, 2.45) is 0 Å². The Hall–Kier alpha value is -2.75. The number of nitrogens with zero attached hydrogens (tertiary/aromatic N) is 2. The van der Waals surface area contributed by atoms with Crippen molar-refractivity contribution < 1.29 is 13.2 Å². The fourth-order valence-corrected chi connectivity index (χ4v) is 2.60. The number of hydrogen-bond acceptors (Lipinski definition) is 7. The highest BCUT2D eigenvalue weighted by Crippen LogP contribution is 2.18. The highest BCUT2D eigenvalue weighted by atomic mass is 32.2. The van der Waals surface area contributed by atoms with Crippen LogP contribution >= 0.6 is 0 Å². The van der Waals surface area contributed by atoms with E-state index in [0.717, 1.165) is 6.92 Å². The highest BCUT2D eigenvalue weighted by molar-refractivity contribution is 7.90. The second-order valence-electron chi connectivity index (χ2n) is 4.39. The summed E-state index contributed by atoms with van der Waals surface area (Å²) in [4.78, 5) is 25.7. The van der Waals surface area contributed by atoms with Gasteiger partial charge in [0.15, 0.2) is 5.82 Å². The van der Waals surface area contributed by atoms with Gasteiger partial charge in [0.2, 0.25) is 5.91 Å². The maximum Gasteiger partial charge on any atom is 0.363 e. The van der Waals surface area contributed by atoms with Crippen LogP contribution in [-0.2, 0) is 14.8 Å². The number of aromatic amines is 1. The summed E-state index contributed by atoms with van der Waals surface area (Å²) in [7, 11) is -3.87. The molecule has 0 aliphatic rings. The van der Waals surface area contributed by atoms with Crippen LogP contribution in [0.1, 0.15) is 12.6 Å². The third kappa shape index (κ3) is 3.67. The van der Waals surface area contributed by atoms with E-state index in [2.05, 4.69) is 20.5 Å². The Morgan fingerprint density at radius 1 is 1.23 bits per heavy atom. The number of carbonyl (C=O) groups excluding carboxylic acids is 1. The largest absolute Gasteiger partial charge is 0.363 e. The molecule has 3 N–H and O–H groups in total. The maximum absolute atomic E-state index is 11.8. The van der Waals surface area contributed by atoms with E-state index in [-0.39, 0.29) is 10.7 Å². The summed E-state index contributed by atoms with van der Waals surface area (Å²) in [5.41, 5.74) is 0.400. The smallest absolute Gasteiger partial charge is 0.338 e. The first kappa shape index (κ1) is 15.6. The average molecular weight is 323 g/mol. The van der Waals surface area contributed by atoms with Crippen molar-refractivity contribution in [1.29, 1.82) is 0 Å². The molecular formula is C12H13N5O4S. The van der Waals surface area contributed by atoms with Crippen LogP contribution in [0.3, 0.4) is 0 Å². The predicted molar refractivity (Wildman–Crippen MR) is 78.1 cm³/mol. The van der Waals surface area contributed by atoms with Crippen molar-refractivity contribution in [3.05, 3.63) is 40.4 Å². The molecule has 9 nitrogen and oxygen atoms in total. The van der Waals surface area contributed by atoms with Crippen molar-refractivity contribution >= 4 is 27.4 Å². The van der Waals surface area contributed by atoms with Crippen LogP contribution in [0.2, 0.25) is 0 Å². The molecule has 0 bridgehead atoms. The number of carbonyl (C=O) groups is 1. The fourth-order valence-electron chi connectivity index (χ4n) is 1.61. The van der Waals surface area contributed by atoms with Gasteiger partial charge in [-0.25, -0.2) is 23.0 Å². The number of aryl methyl sites for hydroxylation is 1. The molecule has 2 rings (SSSR count). The van der Waals surface area contributed by atoms with Crippen LogP contribution in [0.25, 0.3) is 0 Å². The van der Waals surface area contributed by atoms with Crippen molar-refractivity contribution in [2.45, 2.75) is 18.7 Å². The van der Waals surface area contributed by atoms with Crippen LogP contribution < -0.4 is 15.7 Å². The topological polar surface area (TPSA) is 134 Å². The Morgan fingerprint density at radius 2 is 1.86 bits per heavy atom. The number of H-pyrrole nitrogens is 1. The Kier molecular flexibility index (Phi) is 4.22. The summed E-state index contributed by atoms with van der Waals surface area (Å²) in [6.45, 7) is 2.77. The van der Waals surface area contributed by atoms with Gasteiger partial charge in [0, 0.05) is 12.6 Å². The molecule has 10 heteroatoms. The van der Waals surface area contributed by atoms with Crippen molar-refractivity contribution in [3.8, 4) is 0 Å². The SMILES string of the molecule is CC(=O)NS(=O)(=O)c1ccc(Nc2nc(=O)[nH]nc2C)cc1. The van der Waals surface area contributed by atoms with Gasteiger partial charge in [0.25, 0.3) is 10.0 Å². The lowest BCUT2D eigenvalue weighted by Gasteiger charge is -2.08. The zero-order chi connectivity index (χ0) is 16.3. The Bertz CT molecular complexity index is 858. The van der Waals surface area contributed by atoms with E-state index in [0.29, 0.717) is 11.4 Å². The number of anilines is 2. The van der Waals surface area contributed by atoms with Gasteiger partial charge in [0.05, 0.1) is 4.90 Å². The highest BCUT2D eigenvalue weighted by Gasteiger charge is 2.15. The molecule has 116 valence electrons. The minimum absolute atomic E-state index is 0.0537. The van der Waals surface area contributed by atoms with Crippen LogP contribution in [0, 0.1) is 6.92 Å². The molecule has 0 saturated carbocycles. The van der Waals surface area contributed by atoms with Gasteiger partial charge in [-0.1, -0.05) is 0 Å². The second kappa shape index (κ2) is 5.93. The summed E-state index contributed by atoms with van der Waals surface area (Å²) < 4.78 is 25.4. The number of amides is 1. The maximum atomic E-state index is 11.8. The lowest BCUT2D eigenvalue weighted by molar-refractivity contribution is -0.117. The molecule has 0 spiro atoms. The van der Waals surface area contributed by atoms with E-state index in [1.165, 1.54) is 24.3 Å². The first-order valence-corrected chi connectivity index (χ1v) is 7.60. The number of rotatable bonds is 4. The molecule has 1 aromatic carbocycles. The second-order valence-corrected chi connectivity index (χ2v) is 6.07. The van der Waals surface area contributed by atoms with Gasteiger partial charge < -0.3 is 5.32 Å². The quantitative estimate of drug-likeness (QED) is 0.723. The van der Waals surface area contributed by atoms with Gasteiger partial charge in [-0.2, -0.15) is 10.1 Å². The van der Waals surface area contributed by atoms with Gasteiger partial charge in [-0.3, -0.25) is 4.79 Å². The molecule has 22 heavy (non-hydrogen) atoms. The molecule has 0 radical (unpaired) electrons. The molecule has 1 heterocycles.